The highest BCUT2D eigenvalue weighted by atomic mass is 35.5. The van der Waals surface area contributed by atoms with Gasteiger partial charge in [-0.15, -0.1) is 0 Å². The van der Waals surface area contributed by atoms with Crippen LogP contribution in [0.15, 0.2) is 12.1 Å². The summed E-state index contributed by atoms with van der Waals surface area (Å²) in [7, 11) is 2.00. The third-order valence-electron chi connectivity index (χ3n) is 3.38. The predicted octanol–water partition coefficient (Wildman–Crippen LogP) is 3.15. The van der Waals surface area contributed by atoms with Crippen LogP contribution in [-0.4, -0.2) is 42.0 Å². The summed E-state index contributed by atoms with van der Waals surface area (Å²) in [4.78, 5) is 24.5. The number of likely N-dealkylation sites (tertiary alicyclic amines) is 1. The largest absolute Gasteiger partial charge is 0.459 e. The van der Waals surface area contributed by atoms with E-state index in [4.69, 9.17) is 27.9 Å². The maximum atomic E-state index is 12.1. The molecule has 0 amide bonds. The van der Waals surface area contributed by atoms with Crippen molar-refractivity contribution in [2.75, 3.05) is 20.1 Å². The number of nitro groups is 1. The van der Waals surface area contributed by atoms with Crippen molar-refractivity contribution in [3.05, 3.63) is 37.9 Å². The van der Waals surface area contributed by atoms with E-state index < -0.39 is 10.9 Å². The molecule has 1 heterocycles. The number of ether oxygens (including phenoxy) is 1. The Kier molecular flexibility index (Phi) is 5.03. The monoisotopic (exact) mass is 332 g/mol. The van der Waals surface area contributed by atoms with E-state index in [1.165, 1.54) is 0 Å². The molecule has 1 aromatic rings. The van der Waals surface area contributed by atoms with Crippen molar-refractivity contribution >= 4 is 34.9 Å². The van der Waals surface area contributed by atoms with Gasteiger partial charge < -0.3 is 9.64 Å². The summed E-state index contributed by atoms with van der Waals surface area (Å²) in [5, 5.41) is 10.7. The molecule has 0 saturated carbocycles. The molecule has 0 radical (unpaired) electrons. The van der Waals surface area contributed by atoms with Crippen molar-refractivity contribution < 1.29 is 14.5 Å². The summed E-state index contributed by atoms with van der Waals surface area (Å²) >= 11 is 11.8. The van der Waals surface area contributed by atoms with Gasteiger partial charge in [0.1, 0.15) is 6.10 Å². The smallest absolute Gasteiger partial charge is 0.340 e. The lowest BCUT2D eigenvalue weighted by Crippen LogP contribution is -2.35. The van der Waals surface area contributed by atoms with E-state index in [-0.39, 0.29) is 27.4 Å². The van der Waals surface area contributed by atoms with Gasteiger partial charge in [0, 0.05) is 25.2 Å². The summed E-state index contributed by atoms with van der Waals surface area (Å²) in [6.07, 6.45) is 1.24. The van der Waals surface area contributed by atoms with Crippen LogP contribution in [0.1, 0.15) is 23.2 Å². The fourth-order valence-electron chi connectivity index (χ4n) is 2.15. The second-order valence-corrected chi connectivity index (χ2v) is 5.74. The van der Waals surface area contributed by atoms with Gasteiger partial charge in [-0.3, -0.25) is 10.1 Å². The van der Waals surface area contributed by atoms with Crippen LogP contribution >= 0.6 is 23.2 Å². The number of carbonyl (C=O) groups is 1. The van der Waals surface area contributed by atoms with Gasteiger partial charge in [0.15, 0.2) is 0 Å². The zero-order chi connectivity index (χ0) is 15.6. The van der Waals surface area contributed by atoms with Crippen molar-refractivity contribution in [1.82, 2.24) is 4.90 Å². The lowest BCUT2D eigenvalue weighted by atomic mass is 10.1. The van der Waals surface area contributed by atoms with E-state index in [1.807, 2.05) is 7.05 Å². The number of nitro benzene ring substituents is 1. The molecule has 0 unspecified atom stereocenters. The van der Waals surface area contributed by atoms with E-state index in [0.717, 1.165) is 38.1 Å². The summed E-state index contributed by atoms with van der Waals surface area (Å²) in [6.45, 7) is 1.67. The second kappa shape index (κ2) is 6.60. The number of nitrogens with zero attached hydrogens (tertiary/aromatic N) is 2. The van der Waals surface area contributed by atoms with Gasteiger partial charge in [0.25, 0.3) is 5.69 Å². The molecule has 1 saturated heterocycles. The molecule has 0 spiro atoms. The Morgan fingerprint density at radius 1 is 1.38 bits per heavy atom. The van der Waals surface area contributed by atoms with Crippen LogP contribution in [0.2, 0.25) is 10.0 Å². The first-order chi connectivity index (χ1) is 9.88. The van der Waals surface area contributed by atoms with Crippen molar-refractivity contribution in [2.45, 2.75) is 18.9 Å². The Hall–Kier alpha value is -1.37. The lowest BCUT2D eigenvalue weighted by Gasteiger charge is -2.28. The highest BCUT2D eigenvalue weighted by Gasteiger charge is 2.25. The van der Waals surface area contributed by atoms with Crippen LogP contribution in [0.4, 0.5) is 5.69 Å². The molecule has 0 aromatic heterocycles. The zero-order valence-electron chi connectivity index (χ0n) is 11.3. The second-order valence-electron chi connectivity index (χ2n) is 4.95. The van der Waals surface area contributed by atoms with Gasteiger partial charge in [-0.2, -0.15) is 0 Å². The number of rotatable bonds is 3. The third-order valence-corrected chi connectivity index (χ3v) is 4.19. The quantitative estimate of drug-likeness (QED) is 0.483. The fourth-order valence-corrected chi connectivity index (χ4v) is 2.55. The molecular formula is C13H14Cl2N2O4. The Morgan fingerprint density at radius 2 is 2.00 bits per heavy atom. The molecule has 0 N–H and O–H groups in total. The number of hydrogen-bond donors (Lipinski definition) is 0. The molecule has 0 bridgehead atoms. The number of carbonyl (C=O) groups excluding carboxylic acids is 1. The molecule has 114 valence electrons. The summed E-state index contributed by atoms with van der Waals surface area (Å²) in [5.41, 5.74) is -0.366. The summed E-state index contributed by atoms with van der Waals surface area (Å²) < 4.78 is 5.36. The maximum absolute atomic E-state index is 12.1. The van der Waals surface area contributed by atoms with E-state index in [9.17, 15) is 14.9 Å². The van der Waals surface area contributed by atoms with Gasteiger partial charge in [0.2, 0.25) is 0 Å². The van der Waals surface area contributed by atoms with E-state index in [2.05, 4.69) is 4.90 Å². The molecule has 0 atom stereocenters. The van der Waals surface area contributed by atoms with Crippen LogP contribution in [0.5, 0.6) is 0 Å². The van der Waals surface area contributed by atoms with Crippen molar-refractivity contribution in [2.24, 2.45) is 0 Å². The first-order valence-corrected chi connectivity index (χ1v) is 7.17. The molecule has 1 fully saturated rings. The minimum atomic E-state index is -0.680. The maximum Gasteiger partial charge on any atom is 0.340 e. The molecular weight excluding hydrogens is 319 g/mol. The van der Waals surface area contributed by atoms with Gasteiger partial charge in [-0.05, 0) is 19.9 Å². The minimum absolute atomic E-state index is 0.0276. The van der Waals surface area contributed by atoms with Crippen molar-refractivity contribution in [1.29, 1.82) is 0 Å². The van der Waals surface area contributed by atoms with Crippen molar-refractivity contribution in [3.63, 3.8) is 0 Å². The van der Waals surface area contributed by atoms with E-state index in [1.54, 1.807) is 0 Å². The standard InChI is InChI=1S/C13H14Cl2N2O4/c1-16-4-2-9(3-5-16)21-13(18)10-6-8(17(19)20)7-11(14)12(10)15/h6-7,9H,2-5H2,1H3. The van der Waals surface area contributed by atoms with Crippen LogP contribution in [0.3, 0.4) is 0 Å². The molecule has 6 nitrogen and oxygen atoms in total. The van der Waals surface area contributed by atoms with Crippen LogP contribution in [0.25, 0.3) is 0 Å². The fraction of sp³-hybridized carbons (Fsp3) is 0.462. The number of non-ortho nitro benzene ring substituents is 1. The molecule has 1 aliphatic rings. The average Bonchev–Trinajstić information content (AvgIpc) is 2.43. The lowest BCUT2D eigenvalue weighted by molar-refractivity contribution is -0.384. The number of esters is 1. The van der Waals surface area contributed by atoms with E-state index in [0.29, 0.717) is 0 Å². The number of piperidine rings is 1. The first-order valence-electron chi connectivity index (χ1n) is 6.41. The first kappa shape index (κ1) is 16.0. The highest BCUT2D eigenvalue weighted by Crippen LogP contribution is 2.31. The Balaban J connectivity index is 2.17. The Morgan fingerprint density at radius 3 is 2.57 bits per heavy atom. The van der Waals surface area contributed by atoms with Gasteiger partial charge >= 0.3 is 5.97 Å². The Labute approximate surface area is 131 Å². The highest BCUT2D eigenvalue weighted by molar-refractivity contribution is 6.43. The van der Waals surface area contributed by atoms with Crippen LogP contribution < -0.4 is 0 Å². The van der Waals surface area contributed by atoms with Gasteiger partial charge in [-0.25, -0.2) is 4.79 Å². The molecule has 2 rings (SSSR count). The number of halogens is 2. The number of hydrogen-bond acceptors (Lipinski definition) is 5. The summed E-state index contributed by atoms with van der Waals surface area (Å²) in [6, 6.07) is 2.20. The number of benzene rings is 1. The molecule has 0 aliphatic carbocycles. The SMILES string of the molecule is CN1CCC(OC(=O)c2cc([N+](=O)[O-])cc(Cl)c2Cl)CC1. The van der Waals surface area contributed by atoms with Gasteiger partial charge in [0.05, 0.1) is 20.5 Å². The van der Waals surface area contributed by atoms with Gasteiger partial charge in [-0.1, -0.05) is 23.2 Å². The van der Waals surface area contributed by atoms with Crippen LogP contribution in [0, 0.1) is 10.1 Å². The molecule has 8 heteroatoms. The van der Waals surface area contributed by atoms with Crippen LogP contribution in [-0.2, 0) is 4.74 Å². The topological polar surface area (TPSA) is 72.7 Å². The third kappa shape index (κ3) is 3.84. The van der Waals surface area contributed by atoms with E-state index >= 15 is 0 Å². The molecule has 21 heavy (non-hydrogen) atoms. The molecule has 1 aromatic carbocycles. The Bertz CT molecular complexity index is 572. The average molecular weight is 333 g/mol. The normalized spacial score (nSPS) is 16.7. The summed E-state index contributed by atoms with van der Waals surface area (Å²) in [5.74, 6) is -0.680. The zero-order valence-corrected chi connectivity index (χ0v) is 12.9. The predicted molar refractivity (Wildman–Crippen MR) is 79.1 cm³/mol. The minimum Gasteiger partial charge on any atom is -0.459 e. The van der Waals surface area contributed by atoms with Crippen molar-refractivity contribution in [3.8, 4) is 0 Å². The molecule has 1 aliphatic heterocycles.